The molecule has 0 saturated carbocycles. The lowest BCUT2D eigenvalue weighted by Gasteiger charge is -2.26. The number of primary amides is 2. The number of amides is 6. The van der Waals surface area contributed by atoms with Crippen LogP contribution in [0.4, 0.5) is 0 Å². The monoisotopic (exact) mass is 798 g/mol. The number of para-hydroxylation sites is 1. The molecule has 0 radical (unpaired) electrons. The van der Waals surface area contributed by atoms with E-state index in [1.54, 1.807) is 27.0 Å². The molecule has 1 heterocycles. The molecule has 57 heavy (non-hydrogen) atoms. The molecule has 6 amide bonds. The van der Waals surface area contributed by atoms with Gasteiger partial charge in [-0.1, -0.05) is 73.6 Å². The number of hydrogen-bond acceptors (Lipinski definition) is 9. The third-order valence-electron chi connectivity index (χ3n) is 9.66. The number of aromatic amines is 1. The number of carbonyl (C=O) groups is 7. The summed E-state index contributed by atoms with van der Waals surface area (Å²) in [5, 5.41) is 18.2. The van der Waals surface area contributed by atoms with E-state index in [1.807, 2.05) is 58.9 Å². The van der Waals surface area contributed by atoms with Crippen LogP contribution in [0.3, 0.4) is 0 Å². The Kier molecular flexibility index (Phi) is 20.4. The number of nitrogens with one attached hydrogen (secondary N) is 7. The first kappa shape index (κ1) is 48.3. The van der Waals surface area contributed by atoms with Crippen LogP contribution >= 0.6 is 0 Å². The SMILES string of the molecule is CCNC(CCC(N)=O)C(=O)NC(Cc1c[nH]c2ccccc12)C(=O)CC(C)C(=O)NC(C(=O)NCC(=O)NC(CNC(CC(C)C)C(N)=O)CC(C)C)C(C)C. The van der Waals surface area contributed by atoms with Crippen molar-refractivity contribution in [3.63, 3.8) is 0 Å². The molecule has 1 aromatic carbocycles. The minimum absolute atomic E-state index is 0.0217. The van der Waals surface area contributed by atoms with Gasteiger partial charge in [-0.25, -0.2) is 0 Å². The number of nitrogens with two attached hydrogens (primary N) is 2. The second kappa shape index (κ2) is 24.1. The quantitative estimate of drug-likeness (QED) is 0.0631. The van der Waals surface area contributed by atoms with Crippen molar-refractivity contribution in [3.05, 3.63) is 36.0 Å². The Labute approximate surface area is 336 Å². The van der Waals surface area contributed by atoms with E-state index in [-0.39, 0.29) is 61.8 Å². The van der Waals surface area contributed by atoms with E-state index in [1.165, 1.54) is 0 Å². The molecule has 0 aliphatic heterocycles. The van der Waals surface area contributed by atoms with Crippen molar-refractivity contribution in [2.45, 2.75) is 124 Å². The molecule has 0 bridgehead atoms. The van der Waals surface area contributed by atoms with E-state index in [4.69, 9.17) is 11.5 Å². The summed E-state index contributed by atoms with van der Waals surface area (Å²) in [6.45, 7) is 15.3. The van der Waals surface area contributed by atoms with Gasteiger partial charge in [0.05, 0.1) is 24.7 Å². The van der Waals surface area contributed by atoms with E-state index in [0.29, 0.717) is 25.9 Å². The lowest BCUT2D eigenvalue weighted by Crippen LogP contribution is -2.54. The van der Waals surface area contributed by atoms with Gasteiger partial charge in [0, 0.05) is 54.9 Å². The van der Waals surface area contributed by atoms with E-state index >= 15 is 0 Å². The highest BCUT2D eigenvalue weighted by molar-refractivity contribution is 5.96. The maximum Gasteiger partial charge on any atom is 0.243 e. The molecule has 0 saturated heterocycles. The summed E-state index contributed by atoms with van der Waals surface area (Å²) in [5.41, 5.74) is 12.6. The summed E-state index contributed by atoms with van der Waals surface area (Å²) in [6.07, 6.45) is 3.00. The number of aromatic nitrogens is 1. The van der Waals surface area contributed by atoms with Gasteiger partial charge in [0.1, 0.15) is 6.04 Å². The molecule has 16 heteroatoms. The Bertz CT molecular complexity index is 1660. The molecular weight excluding hydrogens is 731 g/mol. The molecule has 0 spiro atoms. The van der Waals surface area contributed by atoms with Crippen molar-refractivity contribution >= 4 is 52.1 Å². The largest absolute Gasteiger partial charge is 0.370 e. The third-order valence-corrected chi connectivity index (χ3v) is 9.66. The first-order valence-electron chi connectivity index (χ1n) is 20.1. The van der Waals surface area contributed by atoms with E-state index in [9.17, 15) is 33.6 Å². The van der Waals surface area contributed by atoms with Gasteiger partial charge in [-0.2, -0.15) is 0 Å². The lowest BCUT2D eigenvalue weighted by molar-refractivity contribution is -0.134. The van der Waals surface area contributed by atoms with Crippen LogP contribution in [0, 0.1) is 23.7 Å². The minimum Gasteiger partial charge on any atom is -0.370 e. The van der Waals surface area contributed by atoms with Gasteiger partial charge in [-0.05, 0) is 55.2 Å². The molecule has 11 N–H and O–H groups in total. The highest BCUT2D eigenvalue weighted by Crippen LogP contribution is 2.21. The molecule has 2 rings (SSSR count). The van der Waals surface area contributed by atoms with Gasteiger partial charge in [-0.3, -0.25) is 33.6 Å². The normalized spacial score (nSPS) is 14.7. The predicted molar refractivity (Wildman–Crippen MR) is 220 cm³/mol. The standard InChI is InChI=1S/C41H67N9O7/c1-9-44-31(14-15-35(42)52)40(56)49-32(19-27-20-45-30-13-11-10-12-29(27)30)34(51)18-26(8)39(55)50-37(25(6)7)41(57)47-22-36(53)48-28(16-23(2)3)21-46-33(38(43)54)17-24(4)5/h10-13,20,23-26,28,31-33,37,44-46H,9,14-19,21-22H2,1-8H3,(H2,42,52)(H2,43,54)(H,47,57)(H,48,53)(H,49,56)(H,50,55). The maximum absolute atomic E-state index is 13.9. The highest BCUT2D eigenvalue weighted by Gasteiger charge is 2.31. The number of hydrogen-bond donors (Lipinski definition) is 9. The fourth-order valence-electron chi connectivity index (χ4n) is 6.64. The number of likely N-dealkylation sites (N-methyl/N-ethyl adjacent to an activating group) is 1. The van der Waals surface area contributed by atoms with Crippen molar-refractivity contribution in [2.75, 3.05) is 19.6 Å². The number of benzene rings is 1. The number of H-pyrrole nitrogens is 1. The molecule has 6 unspecified atom stereocenters. The zero-order chi connectivity index (χ0) is 42.8. The van der Waals surface area contributed by atoms with Gasteiger partial charge in [0.2, 0.25) is 35.4 Å². The van der Waals surface area contributed by atoms with Crippen LogP contribution in [0.25, 0.3) is 10.9 Å². The van der Waals surface area contributed by atoms with Crippen LogP contribution in [0.15, 0.2) is 30.5 Å². The summed E-state index contributed by atoms with van der Waals surface area (Å²) < 4.78 is 0. The van der Waals surface area contributed by atoms with Crippen LogP contribution in [0.5, 0.6) is 0 Å². The van der Waals surface area contributed by atoms with E-state index in [2.05, 4.69) is 36.9 Å². The number of fused-ring (bicyclic) bond motifs is 1. The molecule has 0 aliphatic rings. The topological polar surface area (TPSA) is 260 Å². The van der Waals surface area contributed by atoms with Gasteiger partial charge in [-0.15, -0.1) is 0 Å². The van der Waals surface area contributed by atoms with E-state index < -0.39 is 65.5 Å². The summed E-state index contributed by atoms with van der Waals surface area (Å²) in [6, 6.07) is 3.93. The van der Waals surface area contributed by atoms with Crippen LogP contribution in [0.2, 0.25) is 0 Å². The molecule has 16 nitrogen and oxygen atoms in total. The van der Waals surface area contributed by atoms with Crippen LogP contribution in [-0.2, 0) is 40.0 Å². The van der Waals surface area contributed by atoms with Gasteiger partial charge < -0.3 is 48.4 Å². The molecule has 6 atom stereocenters. The Morgan fingerprint density at radius 1 is 0.754 bits per heavy atom. The fourth-order valence-corrected chi connectivity index (χ4v) is 6.64. The number of rotatable bonds is 27. The van der Waals surface area contributed by atoms with Crippen LogP contribution in [-0.4, -0.2) is 96.1 Å². The molecular formula is C41H67N9O7. The van der Waals surface area contributed by atoms with Crippen molar-refractivity contribution in [2.24, 2.45) is 35.1 Å². The van der Waals surface area contributed by atoms with Gasteiger partial charge in [0.15, 0.2) is 5.78 Å². The molecule has 0 aliphatic carbocycles. The Hall–Kier alpha value is -4.83. The molecule has 2 aromatic rings. The minimum atomic E-state index is -1.00. The summed E-state index contributed by atoms with van der Waals surface area (Å²) in [4.78, 5) is 93.8. The summed E-state index contributed by atoms with van der Waals surface area (Å²) >= 11 is 0. The highest BCUT2D eigenvalue weighted by atomic mass is 16.2. The third kappa shape index (κ3) is 17.1. The fraction of sp³-hybridized carbons (Fsp3) is 0.634. The number of carbonyl (C=O) groups excluding carboxylic acids is 7. The summed E-state index contributed by atoms with van der Waals surface area (Å²) in [7, 11) is 0. The Morgan fingerprint density at radius 2 is 1.42 bits per heavy atom. The van der Waals surface area contributed by atoms with Crippen LogP contribution < -0.4 is 43.4 Å². The van der Waals surface area contributed by atoms with Crippen molar-refractivity contribution < 1.29 is 33.6 Å². The van der Waals surface area contributed by atoms with Crippen molar-refractivity contribution in [3.8, 4) is 0 Å². The smallest absolute Gasteiger partial charge is 0.243 e. The van der Waals surface area contributed by atoms with E-state index in [0.717, 1.165) is 16.5 Å². The zero-order valence-corrected chi connectivity index (χ0v) is 35.0. The predicted octanol–water partition coefficient (Wildman–Crippen LogP) is 1.31. The summed E-state index contributed by atoms with van der Waals surface area (Å²) in [5.74, 6) is -4.17. The van der Waals surface area contributed by atoms with Crippen molar-refractivity contribution in [1.29, 1.82) is 0 Å². The number of Topliss-reactive ketones (excluding diaryl/α,β-unsaturated/α-hetero) is 1. The average Bonchev–Trinajstić information content (AvgIpc) is 3.54. The Balaban J connectivity index is 2.11. The van der Waals surface area contributed by atoms with Gasteiger partial charge in [0.25, 0.3) is 0 Å². The second-order valence-corrected chi connectivity index (χ2v) is 16.1. The first-order chi connectivity index (χ1) is 26.8. The van der Waals surface area contributed by atoms with Crippen LogP contribution in [0.1, 0.15) is 93.1 Å². The number of ketones is 1. The van der Waals surface area contributed by atoms with Crippen molar-refractivity contribution in [1.82, 2.24) is 36.9 Å². The second-order valence-electron chi connectivity index (χ2n) is 16.1. The molecule has 0 fully saturated rings. The lowest BCUT2D eigenvalue weighted by atomic mass is 9.93. The van der Waals surface area contributed by atoms with Gasteiger partial charge >= 0.3 is 0 Å². The molecule has 318 valence electrons. The zero-order valence-electron chi connectivity index (χ0n) is 35.0. The first-order valence-corrected chi connectivity index (χ1v) is 20.1. The maximum atomic E-state index is 13.9. The Morgan fingerprint density at radius 3 is 2.02 bits per heavy atom. The average molecular weight is 798 g/mol. The molecule has 1 aromatic heterocycles.